The summed E-state index contributed by atoms with van der Waals surface area (Å²) >= 11 is 0. The van der Waals surface area contributed by atoms with E-state index < -0.39 is 0 Å². The largest absolute Gasteiger partial charge is 0.376 e. The number of H-pyrrole nitrogens is 1. The zero-order valence-electron chi connectivity index (χ0n) is 16.0. The molecule has 0 unspecified atom stereocenters. The Bertz CT molecular complexity index is 712. The summed E-state index contributed by atoms with van der Waals surface area (Å²) in [6.07, 6.45) is 6.39. The number of piperidine rings is 1. The number of hydrogen-bond donors (Lipinski definition) is 2. The Balaban J connectivity index is 1.15. The molecule has 2 N–H and O–H groups in total. The normalized spacial score (nSPS) is 21.7. The SMILES string of the molecule is O=C(CCC1CCN(Cc2nc3ccccc3[nH]2)CC1)NC[C@H]1CCCO1. The van der Waals surface area contributed by atoms with Crippen molar-refractivity contribution >= 4 is 16.9 Å². The number of para-hydroxylation sites is 2. The van der Waals surface area contributed by atoms with Gasteiger partial charge in [0.2, 0.25) is 5.91 Å². The molecule has 4 rings (SSSR count). The van der Waals surface area contributed by atoms with Gasteiger partial charge < -0.3 is 15.0 Å². The molecule has 3 heterocycles. The van der Waals surface area contributed by atoms with Crippen molar-refractivity contribution in [2.75, 3.05) is 26.2 Å². The Kier molecular flexibility index (Phi) is 6.04. The summed E-state index contributed by atoms with van der Waals surface area (Å²) < 4.78 is 5.55. The molecule has 0 spiro atoms. The molecule has 146 valence electrons. The van der Waals surface area contributed by atoms with Gasteiger partial charge >= 0.3 is 0 Å². The maximum absolute atomic E-state index is 12.0. The van der Waals surface area contributed by atoms with Crippen LogP contribution in [0.2, 0.25) is 0 Å². The van der Waals surface area contributed by atoms with Crippen LogP contribution in [0.4, 0.5) is 0 Å². The van der Waals surface area contributed by atoms with Crippen molar-refractivity contribution in [3.8, 4) is 0 Å². The molecule has 6 heteroatoms. The van der Waals surface area contributed by atoms with Crippen LogP contribution < -0.4 is 5.32 Å². The molecule has 0 bridgehead atoms. The maximum atomic E-state index is 12.0. The monoisotopic (exact) mass is 370 g/mol. The zero-order valence-corrected chi connectivity index (χ0v) is 16.0. The molecule has 2 fully saturated rings. The van der Waals surface area contributed by atoms with Gasteiger partial charge in [-0.05, 0) is 63.2 Å². The van der Waals surface area contributed by atoms with Crippen LogP contribution in [0.3, 0.4) is 0 Å². The molecule has 6 nitrogen and oxygen atoms in total. The first-order valence-electron chi connectivity index (χ1n) is 10.3. The van der Waals surface area contributed by atoms with E-state index in [-0.39, 0.29) is 12.0 Å². The Morgan fingerprint density at radius 2 is 2.11 bits per heavy atom. The van der Waals surface area contributed by atoms with Crippen molar-refractivity contribution < 1.29 is 9.53 Å². The highest BCUT2D eigenvalue weighted by Gasteiger charge is 2.21. The van der Waals surface area contributed by atoms with E-state index in [1.54, 1.807) is 0 Å². The van der Waals surface area contributed by atoms with Crippen LogP contribution in [0, 0.1) is 5.92 Å². The number of fused-ring (bicyclic) bond motifs is 1. The van der Waals surface area contributed by atoms with E-state index >= 15 is 0 Å². The number of ether oxygens (including phenoxy) is 1. The third kappa shape index (κ3) is 5.08. The topological polar surface area (TPSA) is 70.2 Å². The van der Waals surface area contributed by atoms with Gasteiger partial charge in [-0.3, -0.25) is 9.69 Å². The number of nitrogens with one attached hydrogen (secondary N) is 2. The first-order valence-corrected chi connectivity index (χ1v) is 10.3. The molecule has 1 amide bonds. The van der Waals surface area contributed by atoms with Crippen molar-refractivity contribution in [2.45, 2.75) is 51.2 Å². The first kappa shape index (κ1) is 18.4. The second kappa shape index (κ2) is 8.85. The molecule has 1 aromatic heterocycles. The van der Waals surface area contributed by atoms with Crippen molar-refractivity contribution in [3.05, 3.63) is 30.1 Å². The number of carbonyl (C=O) groups excluding carboxylic acids is 1. The molecule has 2 aliphatic heterocycles. The fourth-order valence-electron chi connectivity index (χ4n) is 4.18. The van der Waals surface area contributed by atoms with Gasteiger partial charge in [-0.15, -0.1) is 0 Å². The Morgan fingerprint density at radius 3 is 2.89 bits per heavy atom. The minimum atomic E-state index is 0.176. The lowest BCUT2D eigenvalue weighted by Gasteiger charge is -2.31. The lowest BCUT2D eigenvalue weighted by atomic mass is 9.92. The molecule has 2 aliphatic rings. The Morgan fingerprint density at radius 1 is 1.26 bits per heavy atom. The van der Waals surface area contributed by atoms with E-state index in [9.17, 15) is 4.79 Å². The molecular formula is C21H30N4O2. The minimum Gasteiger partial charge on any atom is -0.376 e. The average Bonchev–Trinajstić information content (AvgIpc) is 3.35. The fourth-order valence-corrected chi connectivity index (χ4v) is 4.18. The molecule has 0 radical (unpaired) electrons. The van der Waals surface area contributed by atoms with Crippen LogP contribution in [0.15, 0.2) is 24.3 Å². The highest BCUT2D eigenvalue weighted by atomic mass is 16.5. The molecule has 2 saturated heterocycles. The highest BCUT2D eigenvalue weighted by molar-refractivity contribution is 5.76. The average molecular weight is 370 g/mol. The quantitative estimate of drug-likeness (QED) is 0.786. The van der Waals surface area contributed by atoms with Gasteiger partial charge in [0.15, 0.2) is 0 Å². The first-order chi connectivity index (χ1) is 13.3. The van der Waals surface area contributed by atoms with Crippen molar-refractivity contribution in [1.29, 1.82) is 0 Å². The predicted molar refractivity (Wildman–Crippen MR) is 105 cm³/mol. The van der Waals surface area contributed by atoms with Crippen LogP contribution in [0.25, 0.3) is 11.0 Å². The number of carbonyl (C=O) groups is 1. The van der Waals surface area contributed by atoms with Gasteiger partial charge in [-0.25, -0.2) is 4.98 Å². The van der Waals surface area contributed by atoms with Gasteiger partial charge in [-0.2, -0.15) is 0 Å². The summed E-state index contributed by atoms with van der Waals surface area (Å²) in [7, 11) is 0. The number of imidazole rings is 1. The Hall–Kier alpha value is -1.92. The number of aromatic nitrogens is 2. The minimum absolute atomic E-state index is 0.176. The van der Waals surface area contributed by atoms with E-state index in [1.807, 2.05) is 18.2 Å². The number of hydrogen-bond acceptors (Lipinski definition) is 4. The second-order valence-electron chi connectivity index (χ2n) is 7.90. The number of amides is 1. The molecule has 2 aromatic rings. The number of benzene rings is 1. The fraction of sp³-hybridized carbons (Fsp3) is 0.619. The molecule has 1 atom stereocenters. The van der Waals surface area contributed by atoms with Crippen LogP contribution in [0.5, 0.6) is 0 Å². The zero-order chi connectivity index (χ0) is 18.5. The number of rotatable bonds is 7. The van der Waals surface area contributed by atoms with Crippen LogP contribution in [-0.4, -0.2) is 53.1 Å². The van der Waals surface area contributed by atoms with Crippen LogP contribution in [0.1, 0.15) is 44.3 Å². The molecule has 1 aromatic carbocycles. The summed E-state index contributed by atoms with van der Waals surface area (Å²) in [6, 6.07) is 8.18. The van der Waals surface area contributed by atoms with E-state index in [1.165, 1.54) is 12.8 Å². The summed E-state index contributed by atoms with van der Waals surface area (Å²) in [5, 5.41) is 3.03. The lowest BCUT2D eigenvalue weighted by Crippen LogP contribution is -2.35. The summed E-state index contributed by atoms with van der Waals surface area (Å²) in [5.41, 5.74) is 2.15. The van der Waals surface area contributed by atoms with Crippen LogP contribution >= 0.6 is 0 Å². The van der Waals surface area contributed by atoms with Crippen molar-refractivity contribution in [1.82, 2.24) is 20.2 Å². The highest BCUT2D eigenvalue weighted by Crippen LogP contribution is 2.23. The van der Waals surface area contributed by atoms with Crippen molar-refractivity contribution in [2.24, 2.45) is 5.92 Å². The van der Waals surface area contributed by atoms with Crippen molar-refractivity contribution in [3.63, 3.8) is 0 Å². The van der Waals surface area contributed by atoms with E-state index in [2.05, 4.69) is 26.3 Å². The summed E-state index contributed by atoms with van der Waals surface area (Å²) in [5.74, 6) is 1.88. The van der Waals surface area contributed by atoms with Gasteiger partial charge in [0.05, 0.1) is 23.7 Å². The molecule has 27 heavy (non-hydrogen) atoms. The number of aromatic amines is 1. The predicted octanol–water partition coefficient (Wildman–Crippen LogP) is 2.85. The van der Waals surface area contributed by atoms with E-state index in [0.29, 0.717) is 18.9 Å². The summed E-state index contributed by atoms with van der Waals surface area (Å²) in [4.78, 5) is 22.6. The second-order valence-corrected chi connectivity index (χ2v) is 7.90. The number of nitrogens with zero attached hydrogens (tertiary/aromatic N) is 2. The maximum Gasteiger partial charge on any atom is 0.220 e. The van der Waals surface area contributed by atoms with E-state index in [0.717, 1.165) is 62.4 Å². The summed E-state index contributed by atoms with van der Waals surface area (Å²) in [6.45, 7) is 4.56. The van der Waals surface area contributed by atoms with Gasteiger partial charge in [0.25, 0.3) is 0 Å². The van der Waals surface area contributed by atoms with Gasteiger partial charge in [0, 0.05) is 19.6 Å². The number of likely N-dealkylation sites (tertiary alicyclic amines) is 1. The van der Waals surface area contributed by atoms with E-state index in [4.69, 9.17) is 4.74 Å². The van der Waals surface area contributed by atoms with Gasteiger partial charge in [-0.1, -0.05) is 12.1 Å². The van der Waals surface area contributed by atoms with Gasteiger partial charge in [0.1, 0.15) is 5.82 Å². The third-order valence-corrected chi connectivity index (χ3v) is 5.85. The molecular weight excluding hydrogens is 340 g/mol. The third-order valence-electron chi connectivity index (χ3n) is 5.85. The standard InChI is InChI=1S/C21H30N4O2/c26-21(22-14-17-4-3-13-27-17)8-7-16-9-11-25(12-10-16)15-20-23-18-5-1-2-6-19(18)24-20/h1-2,5-6,16-17H,3-4,7-15H2,(H,22,26)(H,23,24)/t17-/m1/s1. The molecule has 0 saturated carbocycles. The molecule has 0 aliphatic carbocycles. The van der Waals surface area contributed by atoms with Crippen LogP contribution in [-0.2, 0) is 16.1 Å². The lowest BCUT2D eigenvalue weighted by molar-refractivity contribution is -0.122. The Labute approximate surface area is 160 Å². The smallest absolute Gasteiger partial charge is 0.220 e.